The van der Waals surface area contributed by atoms with E-state index < -0.39 is 0 Å². The van der Waals surface area contributed by atoms with Crippen LogP contribution in [0.5, 0.6) is 0 Å². The van der Waals surface area contributed by atoms with Crippen molar-refractivity contribution in [2.75, 3.05) is 6.61 Å². The SMILES string of the molecule is O=C(Cc1ccc(F)cc1)OCCCn1c(=O)[nH]c2ccccc21. The zero-order valence-electron chi connectivity index (χ0n) is 13.0. The van der Waals surface area contributed by atoms with Crippen molar-refractivity contribution in [2.45, 2.75) is 19.4 Å². The summed E-state index contributed by atoms with van der Waals surface area (Å²) in [7, 11) is 0. The Labute approximate surface area is 137 Å². The zero-order valence-corrected chi connectivity index (χ0v) is 13.0. The Morgan fingerprint density at radius 2 is 1.88 bits per heavy atom. The van der Waals surface area contributed by atoms with Crippen molar-refractivity contribution < 1.29 is 13.9 Å². The molecule has 0 aliphatic carbocycles. The minimum Gasteiger partial charge on any atom is -0.465 e. The third kappa shape index (κ3) is 3.71. The summed E-state index contributed by atoms with van der Waals surface area (Å²) in [6.07, 6.45) is 0.643. The number of para-hydroxylation sites is 2. The molecule has 3 rings (SSSR count). The van der Waals surface area contributed by atoms with Gasteiger partial charge in [0.15, 0.2) is 0 Å². The van der Waals surface area contributed by atoms with E-state index in [1.54, 1.807) is 16.7 Å². The Balaban J connectivity index is 1.49. The van der Waals surface area contributed by atoms with Crippen LogP contribution in [0.1, 0.15) is 12.0 Å². The van der Waals surface area contributed by atoms with Gasteiger partial charge in [0.05, 0.1) is 24.1 Å². The molecule has 0 saturated heterocycles. The Kier molecular flexibility index (Phi) is 4.74. The summed E-state index contributed by atoms with van der Waals surface area (Å²) in [6, 6.07) is 13.2. The van der Waals surface area contributed by atoms with E-state index in [9.17, 15) is 14.0 Å². The van der Waals surface area contributed by atoms with Crippen molar-refractivity contribution in [1.82, 2.24) is 9.55 Å². The molecule has 0 unspecified atom stereocenters. The van der Waals surface area contributed by atoms with Crippen LogP contribution in [0.3, 0.4) is 0 Å². The number of hydrogen-bond donors (Lipinski definition) is 1. The van der Waals surface area contributed by atoms with Gasteiger partial charge in [-0.15, -0.1) is 0 Å². The molecule has 0 amide bonds. The molecule has 0 saturated carbocycles. The van der Waals surface area contributed by atoms with E-state index in [-0.39, 0.29) is 30.5 Å². The molecule has 5 nitrogen and oxygen atoms in total. The lowest BCUT2D eigenvalue weighted by Crippen LogP contribution is -2.18. The first-order chi connectivity index (χ1) is 11.6. The minimum atomic E-state index is -0.368. The number of nitrogens with zero attached hydrogens (tertiary/aromatic N) is 1. The average molecular weight is 328 g/mol. The number of imidazole rings is 1. The van der Waals surface area contributed by atoms with Crippen molar-refractivity contribution in [3.63, 3.8) is 0 Å². The lowest BCUT2D eigenvalue weighted by molar-refractivity contribution is -0.142. The summed E-state index contributed by atoms with van der Waals surface area (Å²) in [6.45, 7) is 0.693. The molecule has 3 aromatic rings. The van der Waals surface area contributed by atoms with Gasteiger partial charge in [-0.2, -0.15) is 0 Å². The highest BCUT2D eigenvalue weighted by atomic mass is 19.1. The third-order valence-corrected chi connectivity index (χ3v) is 3.73. The first-order valence-electron chi connectivity index (χ1n) is 7.71. The van der Waals surface area contributed by atoms with Gasteiger partial charge < -0.3 is 9.72 Å². The number of fused-ring (bicyclic) bond motifs is 1. The van der Waals surface area contributed by atoms with E-state index >= 15 is 0 Å². The van der Waals surface area contributed by atoms with Gasteiger partial charge in [-0.1, -0.05) is 24.3 Å². The summed E-state index contributed by atoms with van der Waals surface area (Å²) >= 11 is 0. The number of aromatic nitrogens is 2. The molecule has 2 aromatic carbocycles. The number of carbonyl (C=O) groups is 1. The minimum absolute atomic E-state index is 0.104. The molecule has 0 radical (unpaired) electrons. The van der Waals surface area contributed by atoms with Gasteiger partial charge in [0.2, 0.25) is 0 Å². The van der Waals surface area contributed by atoms with Crippen LogP contribution in [-0.2, 0) is 22.5 Å². The predicted octanol–water partition coefficient (Wildman–Crippen LogP) is 2.64. The number of rotatable bonds is 6. The van der Waals surface area contributed by atoms with Crippen LogP contribution < -0.4 is 5.69 Å². The Morgan fingerprint density at radius 1 is 1.12 bits per heavy atom. The second kappa shape index (κ2) is 7.12. The van der Waals surface area contributed by atoms with Crippen molar-refractivity contribution in [3.8, 4) is 0 Å². The molecule has 0 bridgehead atoms. The lowest BCUT2D eigenvalue weighted by Gasteiger charge is -2.06. The summed E-state index contributed by atoms with van der Waals surface area (Å²) in [5.74, 6) is -0.704. The second-order valence-electron chi connectivity index (χ2n) is 5.48. The number of aryl methyl sites for hydroxylation is 1. The van der Waals surface area contributed by atoms with Gasteiger partial charge in [0, 0.05) is 6.54 Å². The standard InChI is InChI=1S/C18H17FN2O3/c19-14-8-6-13(7-9-14)12-17(22)24-11-3-10-21-16-5-2-1-4-15(16)20-18(21)23/h1-2,4-9H,3,10-12H2,(H,20,23). The van der Waals surface area contributed by atoms with Gasteiger partial charge in [-0.3, -0.25) is 9.36 Å². The van der Waals surface area contributed by atoms with Crippen molar-refractivity contribution in [2.24, 2.45) is 0 Å². The number of halogens is 1. The first-order valence-corrected chi connectivity index (χ1v) is 7.71. The molecule has 1 aromatic heterocycles. The number of nitrogens with one attached hydrogen (secondary N) is 1. The Bertz CT molecular complexity index is 897. The highest BCUT2D eigenvalue weighted by Gasteiger charge is 2.07. The van der Waals surface area contributed by atoms with E-state index in [0.29, 0.717) is 18.5 Å². The average Bonchev–Trinajstić information content (AvgIpc) is 2.89. The monoisotopic (exact) mass is 328 g/mol. The fourth-order valence-electron chi connectivity index (χ4n) is 2.56. The van der Waals surface area contributed by atoms with Crippen LogP contribution in [0.15, 0.2) is 53.3 Å². The normalized spacial score (nSPS) is 10.9. The zero-order chi connectivity index (χ0) is 16.9. The van der Waals surface area contributed by atoms with Crippen LogP contribution in [-0.4, -0.2) is 22.1 Å². The molecule has 1 heterocycles. The van der Waals surface area contributed by atoms with E-state index in [0.717, 1.165) is 11.0 Å². The van der Waals surface area contributed by atoms with Gasteiger partial charge in [0.1, 0.15) is 5.82 Å². The summed E-state index contributed by atoms with van der Waals surface area (Å²) in [4.78, 5) is 26.4. The van der Waals surface area contributed by atoms with Crippen LogP contribution >= 0.6 is 0 Å². The number of H-pyrrole nitrogens is 1. The third-order valence-electron chi connectivity index (χ3n) is 3.73. The molecule has 1 N–H and O–H groups in total. The maximum absolute atomic E-state index is 12.8. The molecule has 0 fully saturated rings. The van der Waals surface area contributed by atoms with Gasteiger partial charge in [0.25, 0.3) is 0 Å². The number of aromatic amines is 1. The Hall–Kier alpha value is -2.89. The number of carbonyl (C=O) groups excluding carboxylic acids is 1. The molecular formula is C18H17FN2O3. The molecule has 6 heteroatoms. The van der Waals surface area contributed by atoms with Crippen molar-refractivity contribution in [3.05, 3.63) is 70.4 Å². The molecular weight excluding hydrogens is 311 g/mol. The van der Waals surface area contributed by atoms with Crippen LogP contribution in [0.25, 0.3) is 11.0 Å². The van der Waals surface area contributed by atoms with Crippen LogP contribution in [0, 0.1) is 5.82 Å². The molecule has 0 aliphatic rings. The van der Waals surface area contributed by atoms with E-state index in [2.05, 4.69) is 4.98 Å². The predicted molar refractivity (Wildman–Crippen MR) is 88.2 cm³/mol. The van der Waals surface area contributed by atoms with Gasteiger partial charge in [-0.25, -0.2) is 9.18 Å². The summed E-state index contributed by atoms with van der Waals surface area (Å²) in [5.41, 5.74) is 2.15. The lowest BCUT2D eigenvalue weighted by atomic mass is 10.1. The van der Waals surface area contributed by atoms with Crippen molar-refractivity contribution in [1.29, 1.82) is 0 Å². The van der Waals surface area contributed by atoms with Crippen LogP contribution in [0.2, 0.25) is 0 Å². The quantitative estimate of drug-likeness (QED) is 0.559. The fourth-order valence-corrected chi connectivity index (χ4v) is 2.56. The van der Waals surface area contributed by atoms with Gasteiger partial charge in [-0.05, 0) is 36.2 Å². The molecule has 124 valence electrons. The maximum atomic E-state index is 12.8. The maximum Gasteiger partial charge on any atom is 0.326 e. The highest BCUT2D eigenvalue weighted by Crippen LogP contribution is 2.09. The second-order valence-corrected chi connectivity index (χ2v) is 5.48. The van der Waals surface area contributed by atoms with E-state index in [1.165, 1.54) is 12.1 Å². The summed E-state index contributed by atoms with van der Waals surface area (Å²) in [5, 5.41) is 0. The van der Waals surface area contributed by atoms with Crippen LogP contribution in [0.4, 0.5) is 4.39 Å². The summed E-state index contributed by atoms with van der Waals surface area (Å²) < 4.78 is 19.6. The number of benzene rings is 2. The fraction of sp³-hybridized carbons (Fsp3) is 0.222. The Morgan fingerprint density at radius 3 is 2.67 bits per heavy atom. The van der Waals surface area contributed by atoms with Gasteiger partial charge >= 0.3 is 11.7 Å². The number of ether oxygens (including phenoxy) is 1. The van der Waals surface area contributed by atoms with Crippen molar-refractivity contribution >= 4 is 17.0 Å². The molecule has 0 spiro atoms. The first kappa shape index (κ1) is 16.0. The molecule has 0 atom stereocenters. The molecule has 24 heavy (non-hydrogen) atoms. The topological polar surface area (TPSA) is 64.1 Å². The highest BCUT2D eigenvalue weighted by molar-refractivity contribution is 5.75. The largest absolute Gasteiger partial charge is 0.465 e. The van der Waals surface area contributed by atoms with E-state index in [4.69, 9.17) is 4.74 Å². The number of esters is 1. The smallest absolute Gasteiger partial charge is 0.326 e. The molecule has 0 aliphatic heterocycles. The van der Waals surface area contributed by atoms with E-state index in [1.807, 2.05) is 24.3 Å². The number of hydrogen-bond acceptors (Lipinski definition) is 3.